The van der Waals surface area contributed by atoms with Crippen molar-refractivity contribution in [2.75, 3.05) is 13.2 Å². The molecule has 4 rings (SSSR count). The minimum absolute atomic E-state index is 0.00925. The van der Waals surface area contributed by atoms with Gasteiger partial charge in [0, 0.05) is 11.3 Å². The van der Waals surface area contributed by atoms with Gasteiger partial charge in [0.05, 0.1) is 30.8 Å². The average Bonchev–Trinajstić information content (AvgIpc) is 3.30. The SMILES string of the molecule is CC(C)(C)[C@@H]1OC[C@]2([C@H](O)[C@@H]3C=CCCC3)N1C(=O)[C@H](CCOC(=O)c1ccccc1)[C@]2(C)O. The van der Waals surface area contributed by atoms with E-state index in [1.807, 2.05) is 32.9 Å². The monoisotopic (exact) mass is 471 g/mol. The van der Waals surface area contributed by atoms with Crippen molar-refractivity contribution in [1.82, 2.24) is 4.90 Å². The summed E-state index contributed by atoms with van der Waals surface area (Å²) in [6.07, 6.45) is 5.36. The van der Waals surface area contributed by atoms with E-state index in [9.17, 15) is 19.8 Å². The van der Waals surface area contributed by atoms with E-state index in [-0.39, 0.29) is 31.5 Å². The van der Waals surface area contributed by atoms with E-state index in [0.29, 0.717) is 5.56 Å². The van der Waals surface area contributed by atoms with Crippen LogP contribution in [0.1, 0.15) is 63.7 Å². The maximum absolute atomic E-state index is 13.8. The third kappa shape index (κ3) is 3.97. The van der Waals surface area contributed by atoms with E-state index in [1.165, 1.54) is 0 Å². The van der Waals surface area contributed by atoms with Gasteiger partial charge in [-0.15, -0.1) is 0 Å². The van der Waals surface area contributed by atoms with Gasteiger partial charge in [-0.3, -0.25) is 4.79 Å². The highest BCUT2D eigenvalue weighted by atomic mass is 16.5. The molecule has 1 aromatic rings. The van der Waals surface area contributed by atoms with E-state index in [2.05, 4.69) is 6.08 Å². The normalized spacial score (nSPS) is 34.2. The average molecular weight is 472 g/mol. The summed E-state index contributed by atoms with van der Waals surface area (Å²) in [6.45, 7) is 7.62. The van der Waals surface area contributed by atoms with Crippen LogP contribution in [0.15, 0.2) is 42.5 Å². The fraction of sp³-hybridized carbons (Fsp3) is 0.630. The molecule has 0 spiro atoms. The van der Waals surface area contributed by atoms with Crippen molar-refractivity contribution < 1.29 is 29.3 Å². The molecule has 34 heavy (non-hydrogen) atoms. The Labute approximate surface area is 201 Å². The Bertz CT molecular complexity index is 936. The molecule has 1 aromatic carbocycles. The van der Waals surface area contributed by atoms with Crippen molar-refractivity contribution >= 4 is 11.9 Å². The highest BCUT2D eigenvalue weighted by Gasteiger charge is 2.74. The molecule has 1 amide bonds. The molecule has 3 aliphatic rings. The Morgan fingerprint density at radius 3 is 2.62 bits per heavy atom. The second kappa shape index (κ2) is 9.10. The summed E-state index contributed by atoms with van der Waals surface area (Å²) in [6, 6.07) is 8.67. The quantitative estimate of drug-likeness (QED) is 0.488. The lowest BCUT2D eigenvalue weighted by Gasteiger charge is -2.47. The van der Waals surface area contributed by atoms with Crippen LogP contribution in [0.2, 0.25) is 0 Å². The molecule has 0 unspecified atom stereocenters. The molecule has 0 saturated carbocycles. The summed E-state index contributed by atoms with van der Waals surface area (Å²) < 4.78 is 11.6. The number of rotatable bonds is 6. The topological polar surface area (TPSA) is 96.3 Å². The minimum atomic E-state index is -1.58. The van der Waals surface area contributed by atoms with Crippen LogP contribution in [-0.2, 0) is 14.3 Å². The van der Waals surface area contributed by atoms with Crippen molar-refractivity contribution in [2.45, 2.75) is 76.9 Å². The Morgan fingerprint density at radius 2 is 2.00 bits per heavy atom. The van der Waals surface area contributed by atoms with Gasteiger partial charge < -0.3 is 24.6 Å². The van der Waals surface area contributed by atoms with Crippen molar-refractivity contribution in [3.63, 3.8) is 0 Å². The Morgan fingerprint density at radius 1 is 1.29 bits per heavy atom. The van der Waals surface area contributed by atoms with Gasteiger partial charge in [0.2, 0.25) is 5.91 Å². The van der Waals surface area contributed by atoms with Crippen molar-refractivity contribution in [1.29, 1.82) is 0 Å². The zero-order chi connectivity index (χ0) is 24.7. The molecule has 7 heteroatoms. The number of aliphatic hydroxyl groups is 2. The smallest absolute Gasteiger partial charge is 0.338 e. The maximum atomic E-state index is 13.8. The first-order valence-corrected chi connectivity index (χ1v) is 12.3. The van der Waals surface area contributed by atoms with Crippen LogP contribution in [-0.4, -0.2) is 63.7 Å². The van der Waals surface area contributed by atoms with Crippen molar-refractivity contribution in [2.24, 2.45) is 17.3 Å². The second-order valence-corrected chi connectivity index (χ2v) is 11.1. The Kier molecular flexibility index (Phi) is 6.66. The number of allylic oxidation sites excluding steroid dienone is 1. The number of benzene rings is 1. The molecule has 0 radical (unpaired) electrons. The zero-order valence-electron chi connectivity index (χ0n) is 20.6. The molecule has 2 fully saturated rings. The number of ether oxygens (including phenoxy) is 2. The van der Waals surface area contributed by atoms with Gasteiger partial charge in [-0.25, -0.2) is 4.79 Å². The highest BCUT2D eigenvalue weighted by molar-refractivity contribution is 5.89. The molecule has 1 aliphatic carbocycles. The van der Waals surface area contributed by atoms with Gasteiger partial charge in [0.25, 0.3) is 0 Å². The number of hydrogen-bond acceptors (Lipinski definition) is 6. The number of nitrogens with zero attached hydrogens (tertiary/aromatic N) is 1. The largest absolute Gasteiger partial charge is 0.462 e. The van der Waals surface area contributed by atoms with Crippen molar-refractivity contribution in [3.8, 4) is 0 Å². The van der Waals surface area contributed by atoms with Crippen LogP contribution in [0.4, 0.5) is 0 Å². The molecule has 2 N–H and O–H groups in total. The Hall–Kier alpha value is -2.22. The first-order chi connectivity index (χ1) is 16.0. The summed E-state index contributed by atoms with van der Waals surface area (Å²) in [4.78, 5) is 27.8. The molecule has 2 heterocycles. The van der Waals surface area contributed by atoms with Gasteiger partial charge in [0.15, 0.2) is 0 Å². The third-order valence-electron chi connectivity index (χ3n) is 7.79. The van der Waals surface area contributed by atoms with E-state index in [1.54, 1.807) is 36.1 Å². The summed E-state index contributed by atoms with van der Waals surface area (Å²) in [5.41, 5.74) is -2.83. The highest BCUT2D eigenvalue weighted by Crippen LogP contribution is 2.55. The van der Waals surface area contributed by atoms with Crippen LogP contribution in [0.25, 0.3) is 0 Å². The number of aliphatic hydroxyl groups excluding tert-OH is 1. The standard InChI is InChI=1S/C27H37NO6/c1-25(2,3)24-28-22(30)20(15-16-33-23(31)19-13-9-6-10-14-19)26(4,32)27(28,17-34-24)21(29)18-11-7-5-8-12-18/h6-7,9-11,13-14,18,20-21,24,29,32H,5,8,12,15-17H2,1-4H3/t18-,20+,21-,24+,26+,27-/m1/s1. The van der Waals surface area contributed by atoms with Crippen LogP contribution in [0.3, 0.4) is 0 Å². The van der Waals surface area contributed by atoms with Gasteiger partial charge in [-0.05, 0) is 44.7 Å². The molecule has 0 bridgehead atoms. The summed E-state index contributed by atoms with van der Waals surface area (Å²) in [7, 11) is 0. The lowest BCUT2D eigenvalue weighted by molar-refractivity contribution is -0.149. The van der Waals surface area contributed by atoms with Gasteiger partial charge in [-0.1, -0.05) is 51.1 Å². The molecule has 0 aromatic heterocycles. The summed E-state index contributed by atoms with van der Waals surface area (Å²) >= 11 is 0. The first kappa shape index (κ1) is 24.9. The van der Waals surface area contributed by atoms with Crippen LogP contribution in [0, 0.1) is 17.3 Å². The van der Waals surface area contributed by atoms with Gasteiger partial charge in [0.1, 0.15) is 17.4 Å². The molecule has 2 saturated heterocycles. The summed E-state index contributed by atoms with van der Waals surface area (Å²) in [5.74, 6) is -1.74. The molecule has 186 valence electrons. The number of amides is 1. The first-order valence-electron chi connectivity index (χ1n) is 12.3. The molecule has 2 aliphatic heterocycles. The van der Waals surface area contributed by atoms with E-state index in [0.717, 1.165) is 19.3 Å². The number of carbonyl (C=O) groups is 2. The van der Waals surface area contributed by atoms with Gasteiger partial charge >= 0.3 is 5.97 Å². The fourth-order valence-electron chi connectivity index (χ4n) is 5.92. The lowest BCUT2D eigenvalue weighted by atomic mass is 9.68. The Balaban J connectivity index is 1.61. The third-order valence-corrected chi connectivity index (χ3v) is 7.79. The summed E-state index contributed by atoms with van der Waals surface area (Å²) in [5, 5.41) is 23.6. The zero-order valence-corrected chi connectivity index (χ0v) is 20.6. The molecular weight excluding hydrogens is 434 g/mol. The fourth-order valence-corrected chi connectivity index (χ4v) is 5.92. The van der Waals surface area contributed by atoms with E-state index >= 15 is 0 Å². The number of carbonyl (C=O) groups excluding carboxylic acids is 2. The van der Waals surface area contributed by atoms with Gasteiger partial charge in [-0.2, -0.15) is 0 Å². The molecular formula is C27H37NO6. The molecule has 7 nitrogen and oxygen atoms in total. The van der Waals surface area contributed by atoms with E-state index < -0.39 is 40.8 Å². The second-order valence-electron chi connectivity index (χ2n) is 11.1. The predicted octanol–water partition coefficient (Wildman–Crippen LogP) is 3.30. The number of hydrogen-bond donors (Lipinski definition) is 2. The minimum Gasteiger partial charge on any atom is -0.462 e. The maximum Gasteiger partial charge on any atom is 0.338 e. The lowest BCUT2D eigenvalue weighted by Crippen LogP contribution is -2.67. The van der Waals surface area contributed by atoms with E-state index in [4.69, 9.17) is 9.47 Å². The molecule has 6 atom stereocenters. The van der Waals surface area contributed by atoms with Crippen LogP contribution in [0.5, 0.6) is 0 Å². The van der Waals surface area contributed by atoms with Crippen molar-refractivity contribution in [3.05, 3.63) is 48.0 Å². The van der Waals surface area contributed by atoms with Crippen LogP contribution >= 0.6 is 0 Å². The number of esters is 1. The van der Waals surface area contributed by atoms with Crippen LogP contribution < -0.4 is 0 Å². The number of fused-ring (bicyclic) bond motifs is 1. The predicted molar refractivity (Wildman–Crippen MR) is 127 cm³/mol.